The van der Waals surface area contributed by atoms with Crippen molar-refractivity contribution in [1.29, 1.82) is 0 Å². The molecule has 0 unspecified atom stereocenters. The average Bonchev–Trinajstić information content (AvgIpc) is 3.48. The van der Waals surface area contributed by atoms with Gasteiger partial charge in [0.15, 0.2) is 5.69 Å². The van der Waals surface area contributed by atoms with Gasteiger partial charge in [-0.05, 0) is 48.1 Å². The second-order valence-corrected chi connectivity index (χ2v) is 11.2. The van der Waals surface area contributed by atoms with E-state index < -0.39 is 35.3 Å². The van der Waals surface area contributed by atoms with E-state index in [-0.39, 0.29) is 24.2 Å². The van der Waals surface area contributed by atoms with E-state index in [0.717, 1.165) is 12.8 Å². The molecule has 2 aliphatic heterocycles. The lowest BCUT2D eigenvalue weighted by Crippen LogP contribution is -2.58. The molecule has 2 fully saturated rings. The van der Waals surface area contributed by atoms with Crippen molar-refractivity contribution < 1.29 is 31.6 Å². The van der Waals surface area contributed by atoms with Crippen LogP contribution >= 0.6 is 0 Å². The zero-order valence-corrected chi connectivity index (χ0v) is 24.1. The van der Waals surface area contributed by atoms with Crippen molar-refractivity contribution in [3.63, 3.8) is 0 Å². The molecule has 9 nitrogen and oxygen atoms in total. The van der Waals surface area contributed by atoms with E-state index in [2.05, 4.69) is 20.6 Å². The zero-order chi connectivity index (χ0) is 31.6. The molecule has 0 spiro atoms. The second kappa shape index (κ2) is 12.6. The number of halogens is 4. The molecule has 4 heterocycles. The maximum Gasteiger partial charge on any atom is 0.437 e. The lowest BCUT2D eigenvalue weighted by atomic mass is 9.90. The molecule has 0 aliphatic carbocycles. The van der Waals surface area contributed by atoms with Crippen LogP contribution in [-0.4, -0.2) is 58.9 Å². The van der Waals surface area contributed by atoms with Crippen molar-refractivity contribution in [2.45, 2.75) is 37.4 Å². The van der Waals surface area contributed by atoms with Crippen LogP contribution < -0.4 is 15.5 Å². The van der Waals surface area contributed by atoms with Gasteiger partial charge in [-0.3, -0.25) is 4.79 Å². The summed E-state index contributed by atoms with van der Waals surface area (Å²) in [6.07, 6.45) is -2.36. The first-order valence-electron chi connectivity index (χ1n) is 14.6. The number of carbonyl (C=O) groups excluding carboxylic acids is 2. The van der Waals surface area contributed by atoms with E-state index in [0.29, 0.717) is 43.5 Å². The van der Waals surface area contributed by atoms with Crippen molar-refractivity contribution in [2.24, 2.45) is 0 Å². The Bertz CT molecular complexity index is 1650. The molecule has 2 aromatic carbocycles. The van der Waals surface area contributed by atoms with E-state index >= 15 is 0 Å². The molecular weight excluding hydrogens is 592 g/mol. The summed E-state index contributed by atoms with van der Waals surface area (Å²) >= 11 is 0. The Hall–Kier alpha value is -4.94. The molecule has 0 atom stereocenters. The van der Waals surface area contributed by atoms with E-state index in [4.69, 9.17) is 4.42 Å². The van der Waals surface area contributed by atoms with Crippen LogP contribution in [0.2, 0.25) is 0 Å². The van der Waals surface area contributed by atoms with Gasteiger partial charge in [0.05, 0.1) is 11.7 Å². The molecule has 45 heavy (non-hydrogen) atoms. The van der Waals surface area contributed by atoms with Crippen molar-refractivity contribution in [3.05, 3.63) is 101 Å². The van der Waals surface area contributed by atoms with Crippen LogP contribution in [0.3, 0.4) is 0 Å². The third kappa shape index (κ3) is 6.92. The average molecular weight is 623 g/mol. The van der Waals surface area contributed by atoms with Gasteiger partial charge < -0.3 is 24.9 Å². The largest absolute Gasteiger partial charge is 0.437 e. The van der Waals surface area contributed by atoms with Gasteiger partial charge in [-0.2, -0.15) is 18.2 Å². The SMILES string of the molecule is O=C(Cc1ccc(NC2CN(C(=O)Nc3ccccc3F)C2)nc1)c1oc(N2CCC(c3ccccc3)CC2)nc1C(F)(F)F. The van der Waals surface area contributed by atoms with Gasteiger partial charge in [-0.25, -0.2) is 14.2 Å². The number of para-hydroxylation sites is 1. The number of carbonyl (C=O) groups is 2. The summed E-state index contributed by atoms with van der Waals surface area (Å²) < 4.78 is 60.9. The summed E-state index contributed by atoms with van der Waals surface area (Å²) in [5.74, 6) is -1.42. The number of benzene rings is 2. The topological polar surface area (TPSA) is 104 Å². The van der Waals surface area contributed by atoms with E-state index in [1.54, 1.807) is 23.1 Å². The first-order valence-corrected chi connectivity index (χ1v) is 14.6. The Morgan fingerprint density at radius 1 is 0.956 bits per heavy atom. The van der Waals surface area contributed by atoms with Gasteiger partial charge in [-0.15, -0.1) is 0 Å². The first kappa shape index (κ1) is 30.1. The minimum atomic E-state index is -4.86. The number of oxazole rings is 1. The maximum absolute atomic E-state index is 13.9. The summed E-state index contributed by atoms with van der Waals surface area (Å²) in [6, 6.07) is 18.3. The second-order valence-electron chi connectivity index (χ2n) is 11.2. The highest BCUT2D eigenvalue weighted by molar-refractivity contribution is 5.96. The normalized spacial score (nSPS) is 15.9. The molecule has 0 bridgehead atoms. The Morgan fingerprint density at radius 3 is 2.33 bits per heavy atom. The summed E-state index contributed by atoms with van der Waals surface area (Å²) in [7, 11) is 0. The summed E-state index contributed by atoms with van der Waals surface area (Å²) in [4.78, 5) is 36.5. The van der Waals surface area contributed by atoms with Crippen LogP contribution in [0.1, 0.15) is 46.1 Å². The maximum atomic E-state index is 13.9. The number of hydrogen-bond donors (Lipinski definition) is 2. The number of urea groups is 1. The summed E-state index contributed by atoms with van der Waals surface area (Å²) in [6.45, 7) is 1.64. The van der Waals surface area contributed by atoms with E-state index in [9.17, 15) is 27.2 Å². The number of nitrogens with zero attached hydrogens (tertiary/aromatic N) is 4. The van der Waals surface area contributed by atoms with Gasteiger partial charge in [0.2, 0.25) is 11.5 Å². The van der Waals surface area contributed by atoms with Crippen LogP contribution in [0.15, 0.2) is 77.3 Å². The predicted molar refractivity (Wildman–Crippen MR) is 159 cm³/mol. The molecule has 2 aliphatic rings. The first-order chi connectivity index (χ1) is 21.6. The number of aromatic nitrogens is 2. The number of pyridine rings is 1. The molecule has 0 saturated carbocycles. The minimum absolute atomic E-state index is 0.0955. The number of hydrogen-bond acceptors (Lipinski definition) is 7. The van der Waals surface area contributed by atoms with Crippen molar-refractivity contribution in [3.8, 4) is 0 Å². The van der Waals surface area contributed by atoms with Crippen molar-refractivity contribution in [1.82, 2.24) is 14.9 Å². The fourth-order valence-electron chi connectivity index (χ4n) is 5.54. The monoisotopic (exact) mass is 622 g/mol. The number of alkyl halides is 3. The minimum Gasteiger partial charge on any atom is -0.420 e. The quantitative estimate of drug-likeness (QED) is 0.174. The van der Waals surface area contributed by atoms with Gasteiger partial charge >= 0.3 is 12.2 Å². The number of Topliss-reactive ketones (excluding diaryl/α,β-unsaturated/α-hetero) is 1. The Kier molecular flexibility index (Phi) is 8.42. The molecular formula is C32H30F4N6O3. The number of anilines is 3. The molecule has 4 aromatic rings. The van der Waals surface area contributed by atoms with Crippen LogP contribution in [-0.2, 0) is 12.6 Å². The molecule has 2 aromatic heterocycles. The molecule has 13 heteroatoms. The highest BCUT2D eigenvalue weighted by atomic mass is 19.4. The lowest BCUT2D eigenvalue weighted by Gasteiger charge is -2.39. The number of nitrogens with one attached hydrogen (secondary N) is 2. The Balaban J connectivity index is 1.03. The number of rotatable bonds is 8. The predicted octanol–water partition coefficient (Wildman–Crippen LogP) is 6.37. The lowest BCUT2D eigenvalue weighted by molar-refractivity contribution is -0.141. The van der Waals surface area contributed by atoms with Crippen LogP contribution in [0.4, 0.5) is 39.9 Å². The number of likely N-dealkylation sites (tertiary alicyclic amines) is 1. The smallest absolute Gasteiger partial charge is 0.420 e. The fraction of sp³-hybridized carbons (Fsp3) is 0.312. The fourth-order valence-corrected chi connectivity index (χ4v) is 5.54. The highest BCUT2D eigenvalue weighted by Gasteiger charge is 2.42. The molecule has 0 radical (unpaired) electrons. The highest BCUT2D eigenvalue weighted by Crippen LogP contribution is 2.36. The third-order valence-corrected chi connectivity index (χ3v) is 8.00. The summed E-state index contributed by atoms with van der Waals surface area (Å²) in [5.41, 5.74) is 0.357. The Labute approximate surface area is 256 Å². The van der Waals surface area contributed by atoms with Gasteiger partial charge in [-0.1, -0.05) is 48.5 Å². The number of amides is 2. The molecule has 2 N–H and O–H groups in total. The van der Waals surface area contributed by atoms with Crippen LogP contribution in [0.25, 0.3) is 0 Å². The van der Waals surface area contributed by atoms with Gasteiger partial charge in [0.1, 0.15) is 11.6 Å². The summed E-state index contributed by atoms with van der Waals surface area (Å²) in [5, 5.41) is 5.69. The van der Waals surface area contributed by atoms with Crippen molar-refractivity contribution >= 4 is 29.3 Å². The van der Waals surface area contributed by atoms with Gasteiger partial charge in [0, 0.05) is 38.8 Å². The number of ketones is 1. The molecule has 2 amide bonds. The van der Waals surface area contributed by atoms with E-state index in [1.807, 2.05) is 30.3 Å². The Morgan fingerprint density at radius 2 is 1.67 bits per heavy atom. The standard InChI is InChI=1S/C32H30F4N6O3/c33-24-8-4-5-9-25(24)39-30(44)42-18-23(19-42)38-27-11-10-20(17-37-27)16-26(43)28-29(32(34,35)36)40-31(45-28)41-14-12-22(13-15-41)21-6-2-1-3-7-21/h1-11,17,22-23H,12-16,18-19H2,(H,37,38)(H,39,44). The molecule has 234 valence electrons. The van der Waals surface area contributed by atoms with Gasteiger partial charge in [0.25, 0.3) is 6.01 Å². The third-order valence-electron chi connectivity index (χ3n) is 8.00. The molecule has 6 rings (SSSR count). The number of piperidine rings is 1. The van der Waals surface area contributed by atoms with E-state index in [1.165, 1.54) is 34.9 Å². The van der Waals surface area contributed by atoms with Crippen molar-refractivity contribution in [2.75, 3.05) is 41.7 Å². The van der Waals surface area contributed by atoms with Crippen LogP contribution in [0, 0.1) is 5.82 Å². The molecule has 2 saturated heterocycles. The zero-order valence-electron chi connectivity index (χ0n) is 24.1. The van der Waals surface area contributed by atoms with Crippen LogP contribution in [0.5, 0.6) is 0 Å².